The highest BCUT2D eigenvalue weighted by molar-refractivity contribution is 5.69. The monoisotopic (exact) mass is 317 g/mol. The fourth-order valence-corrected chi connectivity index (χ4v) is 3.01. The van der Waals surface area contributed by atoms with Crippen LogP contribution in [0, 0.1) is 0 Å². The molecule has 0 bridgehead atoms. The maximum absolute atomic E-state index is 5.51. The van der Waals surface area contributed by atoms with Gasteiger partial charge in [0.1, 0.15) is 5.82 Å². The lowest BCUT2D eigenvalue weighted by atomic mass is 10.1. The van der Waals surface area contributed by atoms with Gasteiger partial charge in [0.05, 0.1) is 12.3 Å². The largest absolute Gasteiger partial charge is 0.381 e. The van der Waals surface area contributed by atoms with Gasteiger partial charge in [0, 0.05) is 36.8 Å². The molecule has 4 heteroatoms. The number of hydrogen-bond acceptors (Lipinski definition) is 3. The van der Waals surface area contributed by atoms with Gasteiger partial charge in [0.25, 0.3) is 0 Å². The van der Waals surface area contributed by atoms with Crippen LogP contribution >= 0.6 is 0 Å². The third kappa shape index (κ3) is 3.14. The molecule has 1 aromatic carbocycles. The van der Waals surface area contributed by atoms with E-state index in [1.54, 1.807) is 6.20 Å². The number of hydrogen-bond donors (Lipinski definition) is 0. The molecule has 1 atom stereocenters. The first-order chi connectivity index (χ1) is 11.9. The number of rotatable bonds is 4. The topological polar surface area (TPSA) is 39.9 Å². The summed E-state index contributed by atoms with van der Waals surface area (Å²) >= 11 is 0. The molecule has 4 rings (SSSR count). The minimum atomic E-state index is 0.382. The quantitative estimate of drug-likeness (QED) is 0.731. The molecule has 1 aliphatic heterocycles. The third-order valence-corrected chi connectivity index (χ3v) is 4.25. The van der Waals surface area contributed by atoms with E-state index in [1.165, 1.54) is 0 Å². The summed E-state index contributed by atoms with van der Waals surface area (Å²) in [6.07, 6.45) is 10.8. The van der Waals surface area contributed by atoms with E-state index in [9.17, 15) is 0 Å². The molecule has 0 saturated carbocycles. The second-order valence-corrected chi connectivity index (χ2v) is 5.90. The summed E-state index contributed by atoms with van der Waals surface area (Å²) in [4.78, 5) is 8.87. The van der Waals surface area contributed by atoms with Gasteiger partial charge in [0.2, 0.25) is 0 Å². The molecule has 3 heterocycles. The SMILES string of the molecule is C(=C\c1ccccn1)/c1cccc(-n2ccnc2C2CCOC2)c1. The van der Waals surface area contributed by atoms with Gasteiger partial charge in [-0.1, -0.05) is 24.3 Å². The van der Waals surface area contributed by atoms with Crippen LogP contribution in [0.1, 0.15) is 29.4 Å². The van der Waals surface area contributed by atoms with Crippen LogP contribution in [-0.4, -0.2) is 27.7 Å². The van der Waals surface area contributed by atoms with Gasteiger partial charge in [-0.15, -0.1) is 0 Å². The first-order valence-electron chi connectivity index (χ1n) is 8.21. The molecule has 0 amide bonds. The van der Waals surface area contributed by atoms with Crippen LogP contribution in [0.25, 0.3) is 17.8 Å². The number of nitrogens with zero attached hydrogens (tertiary/aromatic N) is 3. The van der Waals surface area contributed by atoms with Crippen molar-refractivity contribution in [3.05, 3.63) is 78.1 Å². The first-order valence-corrected chi connectivity index (χ1v) is 8.21. The van der Waals surface area contributed by atoms with Crippen molar-refractivity contribution in [2.75, 3.05) is 13.2 Å². The van der Waals surface area contributed by atoms with Crippen LogP contribution < -0.4 is 0 Å². The van der Waals surface area contributed by atoms with Crippen LogP contribution in [0.4, 0.5) is 0 Å². The molecule has 1 aliphatic rings. The zero-order chi connectivity index (χ0) is 16.2. The molecule has 24 heavy (non-hydrogen) atoms. The molecule has 1 fully saturated rings. The summed E-state index contributed by atoms with van der Waals surface area (Å²) < 4.78 is 7.68. The highest BCUT2D eigenvalue weighted by Crippen LogP contribution is 2.26. The Balaban J connectivity index is 1.61. The summed E-state index contributed by atoms with van der Waals surface area (Å²) in [5.41, 5.74) is 3.22. The van der Waals surface area contributed by atoms with E-state index in [2.05, 4.69) is 44.9 Å². The average molecular weight is 317 g/mol. The van der Waals surface area contributed by atoms with Crippen molar-refractivity contribution in [2.45, 2.75) is 12.3 Å². The summed E-state index contributed by atoms with van der Waals surface area (Å²) in [5.74, 6) is 1.46. The van der Waals surface area contributed by atoms with Crippen molar-refractivity contribution >= 4 is 12.2 Å². The highest BCUT2D eigenvalue weighted by atomic mass is 16.5. The normalized spacial score (nSPS) is 17.6. The molecule has 1 unspecified atom stereocenters. The molecular weight excluding hydrogens is 298 g/mol. The van der Waals surface area contributed by atoms with Crippen molar-refractivity contribution in [3.8, 4) is 5.69 Å². The lowest BCUT2D eigenvalue weighted by Gasteiger charge is -2.12. The van der Waals surface area contributed by atoms with Crippen LogP contribution in [0.15, 0.2) is 61.1 Å². The van der Waals surface area contributed by atoms with Gasteiger partial charge in [-0.2, -0.15) is 0 Å². The zero-order valence-corrected chi connectivity index (χ0v) is 13.4. The Kier molecular flexibility index (Phi) is 4.21. The first kappa shape index (κ1) is 14.8. The molecule has 0 aliphatic carbocycles. The zero-order valence-electron chi connectivity index (χ0n) is 13.4. The Hall–Kier alpha value is -2.72. The molecule has 0 spiro atoms. The second kappa shape index (κ2) is 6.81. The van der Waals surface area contributed by atoms with Crippen molar-refractivity contribution in [2.24, 2.45) is 0 Å². The van der Waals surface area contributed by atoms with Crippen molar-refractivity contribution in [1.29, 1.82) is 0 Å². The summed E-state index contributed by atoms with van der Waals surface area (Å²) in [5, 5.41) is 0. The van der Waals surface area contributed by atoms with E-state index in [-0.39, 0.29) is 0 Å². The molecule has 120 valence electrons. The van der Waals surface area contributed by atoms with Gasteiger partial charge in [-0.25, -0.2) is 4.98 Å². The van der Waals surface area contributed by atoms with Gasteiger partial charge in [0.15, 0.2) is 0 Å². The maximum Gasteiger partial charge on any atom is 0.118 e. The minimum absolute atomic E-state index is 0.382. The lowest BCUT2D eigenvalue weighted by molar-refractivity contribution is 0.193. The summed E-state index contributed by atoms with van der Waals surface area (Å²) in [6.45, 7) is 1.58. The van der Waals surface area contributed by atoms with E-state index in [4.69, 9.17) is 4.74 Å². The van der Waals surface area contributed by atoms with Gasteiger partial charge < -0.3 is 9.30 Å². The third-order valence-electron chi connectivity index (χ3n) is 4.25. The Morgan fingerprint density at radius 1 is 1.04 bits per heavy atom. The molecule has 3 aromatic rings. The molecule has 2 aromatic heterocycles. The Morgan fingerprint density at radius 3 is 2.88 bits per heavy atom. The Bertz CT molecular complexity index is 833. The van der Waals surface area contributed by atoms with Crippen molar-refractivity contribution in [3.63, 3.8) is 0 Å². The molecule has 0 radical (unpaired) electrons. The number of pyridine rings is 1. The van der Waals surface area contributed by atoms with E-state index in [0.717, 1.165) is 42.4 Å². The maximum atomic E-state index is 5.51. The van der Waals surface area contributed by atoms with Crippen molar-refractivity contribution in [1.82, 2.24) is 14.5 Å². The van der Waals surface area contributed by atoms with Crippen LogP contribution in [0.2, 0.25) is 0 Å². The molecule has 1 saturated heterocycles. The minimum Gasteiger partial charge on any atom is -0.381 e. The highest BCUT2D eigenvalue weighted by Gasteiger charge is 2.22. The fourth-order valence-electron chi connectivity index (χ4n) is 3.01. The molecule has 4 nitrogen and oxygen atoms in total. The van der Waals surface area contributed by atoms with Gasteiger partial charge >= 0.3 is 0 Å². The second-order valence-electron chi connectivity index (χ2n) is 5.90. The van der Waals surface area contributed by atoms with Gasteiger partial charge in [-0.05, 0) is 42.3 Å². The van der Waals surface area contributed by atoms with Crippen LogP contribution in [0.5, 0.6) is 0 Å². The molecule has 0 N–H and O–H groups in total. The number of imidazole rings is 1. The van der Waals surface area contributed by atoms with Crippen LogP contribution in [-0.2, 0) is 4.74 Å². The predicted molar refractivity (Wildman–Crippen MR) is 94.9 cm³/mol. The smallest absolute Gasteiger partial charge is 0.118 e. The Morgan fingerprint density at radius 2 is 2.04 bits per heavy atom. The van der Waals surface area contributed by atoms with E-state index >= 15 is 0 Å². The number of ether oxygens (including phenoxy) is 1. The fraction of sp³-hybridized carbons (Fsp3) is 0.200. The Labute approximate surface area is 141 Å². The lowest BCUT2D eigenvalue weighted by Crippen LogP contribution is -2.07. The van der Waals surface area contributed by atoms with E-state index in [1.807, 2.05) is 36.7 Å². The van der Waals surface area contributed by atoms with Crippen molar-refractivity contribution < 1.29 is 4.74 Å². The molecular formula is C20H19N3O. The summed E-state index contributed by atoms with van der Waals surface area (Å²) in [7, 11) is 0. The predicted octanol–water partition coefficient (Wildman–Crippen LogP) is 3.94. The van der Waals surface area contributed by atoms with E-state index < -0.39 is 0 Å². The van der Waals surface area contributed by atoms with Crippen LogP contribution in [0.3, 0.4) is 0 Å². The standard InChI is InChI=1S/C20H19N3O/c1-2-10-21-18(5-1)8-7-16-4-3-6-19(14-16)23-12-11-22-20(23)17-9-13-24-15-17/h1-8,10-12,14,17H,9,13,15H2/b8-7+. The summed E-state index contributed by atoms with van der Waals surface area (Å²) in [6, 6.07) is 14.4. The van der Waals surface area contributed by atoms with Gasteiger partial charge in [-0.3, -0.25) is 4.98 Å². The average Bonchev–Trinajstić information content (AvgIpc) is 3.32. The number of aromatic nitrogens is 3. The van der Waals surface area contributed by atoms with E-state index in [0.29, 0.717) is 5.92 Å². The number of benzene rings is 1.